The minimum Gasteiger partial charge on any atom is -0.535 e. The van der Waals surface area contributed by atoms with Crippen LogP contribution in [0.15, 0.2) is 12.1 Å². The lowest BCUT2D eigenvalue weighted by Crippen LogP contribution is -2.36. The number of hydrogen-bond donors (Lipinski definition) is 1. The Bertz CT molecular complexity index is 799. The number of Topliss-reactive ketones (excluding diaryl/α,β-unsaturated/α-hetero) is 1. The zero-order valence-electron chi connectivity index (χ0n) is 18.1. The molecule has 0 aromatic heterocycles. The molecule has 30 heavy (non-hydrogen) atoms. The van der Waals surface area contributed by atoms with Crippen molar-refractivity contribution in [1.82, 2.24) is 0 Å². The zero-order chi connectivity index (χ0) is 22.5. The lowest BCUT2D eigenvalue weighted by Gasteiger charge is -2.28. The van der Waals surface area contributed by atoms with Crippen molar-refractivity contribution >= 4 is 24.8 Å². The van der Waals surface area contributed by atoms with Crippen molar-refractivity contribution in [2.75, 3.05) is 13.9 Å². The van der Waals surface area contributed by atoms with Gasteiger partial charge in [-0.05, 0) is 51.3 Å². The Kier molecular flexibility index (Phi) is 7.89. The highest BCUT2D eigenvalue weighted by molar-refractivity contribution is 6.47. The van der Waals surface area contributed by atoms with Gasteiger partial charge < -0.3 is 23.9 Å². The Hall–Kier alpha value is -2.55. The number of ketones is 1. The second-order valence-corrected chi connectivity index (χ2v) is 8.36. The van der Waals surface area contributed by atoms with Crippen LogP contribution in [-0.4, -0.2) is 43.8 Å². The van der Waals surface area contributed by atoms with Crippen LogP contribution in [0.5, 0.6) is 11.5 Å². The molecule has 1 atom stereocenters. The van der Waals surface area contributed by atoms with Crippen LogP contribution in [0.25, 0.3) is 0 Å². The molecule has 0 saturated heterocycles. The fourth-order valence-corrected chi connectivity index (χ4v) is 3.10. The second kappa shape index (κ2) is 9.97. The molecule has 1 heterocycles. The number of fused-ring (bicyclic) bond motifs is 1. The van der Waals surface area contributed by atoms with Crippen molar-refractivity contribution in [1.29, 1.82) is 0 Å². The third-order valence-corrected chi connectivity index (χ3v) is 4.73. The van der Waals surface area contributed by atoms with Crippen LogP contribution >= 0.6 is 0 Å². The van der Waals surface area contributed by atoms with Gasteiger partial charge in [-0.1, -0.05) is 6.92 Å². The topological polar surface area (TPSA) is 108 Å². The fraction of sp³-hybridized carbons (Fsp3) is 0.571. The summed E-state index contributed by atoms with van der Waals surface area (Å²) in [6.07, 6.45) is 1.72. The summed E-state index contributed by atoms with van der Waals surface area (Å²) in [5.41, 5.74) is -0.0416. The molecule has 0 amide bonds. The number of rotatable bonds is 8. The van der Waals surface area contributed by atoms with Crippen LogP contribution in [-0.2, 0) is 25.5 Å². The molecule has 0 fully saturated rings. The van der Waals surface area contributed by atoms with Crippen molar-refractivity contribution < 1.29 is 38.3 Å². The quantitative estimate of drug-likeness (QED) is 0.389. The maximum Gasteiger partial charge on any atom is 0.526 e. The van der Waals surface area contributed by atoms with Crippen molar-refractivity contribution in [2.45, 2.75) is 59.2 Å². The van der Waals surface area contributed by atoms with Gasteiger partial charge in [-0.3, -0.25) is 9.59 Å². The lowest BCUT2D eigenvalue weighted by molar-refractivity contribution is -0.161. The maximum atomic E-state index is 12.6. The third-order valence-electron chi connectivity index (χ3n) is 4.73. The van der Waals surface area contributed by atoms with Crippen LogP contribution in [0.1, 0.15) is 62.9 Å². The molecule has 1 N–H and O–H groups in total. The molecular formula is C21H29BO8. The molecule has 9 heteroatoms. The highest BCUT2D eigenvalue weighted by Crippen LogP contribution is 2.39. The van der Waals surface area contributed by atoms with Crippen molar-refractivity contribution in [3.05, 3.63) is 23.3 Å². The van der Waals surface area contributed by atoms with E-state index in [1.54, 1.807) is 26.8 Å². The summed E-state index contributed by atoms with van der Waals surface area (Å²) in [6, 6.07) is 3.14. The Morgan fingerprint density at radius 3 is 2.53 bits per heavy atom. The van der Waals surface area contributed by atoms with Gasteiger partial charge >= 0.3 is 19.1 Å². The largest absolute Gasteiger partial charge is 0.535 e. The Morgan fingerprint density at radius 1 is 1.23 bits per heavy atom. The van der Waals surface area contributed by atoms with Gasteiger partial charge in [0.25, 0.3) is 0 Å². The molecule has 1 aliphatic heterocycles. The fourth-order valence-electron chi connectivity index (χ4n) is 3.10. The van der Waals surface area contributed by atoms with Crippen LogP contribution < -0.4 is 9.39 Å². The van der Waals surface area contributed by atoms with Crippen LogP contribution in [0.2, 0.25) is 5.82 Å². The van der Waals surface area contributed by atoms with Crippen molar-refractivity contribution in [2.24, 2.45) is 5.41 Å². The molecule has 164 valence electrons. The van der Waals surface area contributed by atoms with Crippen LogP contribution in [0.3, 0.4) is 0 Å². The third kappa shape index (κ3) is 5.98. The van der Waals surface area contributed by atoms with Gasteiger partial charge in [-0.2, -0.15) is 0 Å². The molecule has 8 nitrogen and oxygen atoms in total. The summed E-state index contributed by atoms with van der Waals surface area (Å²) in [5, 5.41) is 10.4. The number of carbonyl (C=O) groups excluding carboxylic acids is 3. The van der Waals surface area contributed by atoms with E-state index in [0.29, 0.717) is 24.2 Å². The molecule has 1 aliphatic rings. The standard InChI is InChI=1S/C21H29BO8/c1-6-7-15(23)10-14-8-13-9-16(27-5)11-17(18(13)30-22(14)26)19(24)28-12-29-20(25)21(2,3)4/h9,11,14,26H,6-8,10,12H2,1-5H3/t14-/m1/s1. The van der Waals surface area contributed by atoms with Gasteiger partial charge in [-0.25, -0.2) is 4.79 Å². The monoisotopic (exact) mass is 420 g/mol. The minimum atomic E-state index is -1.23. The summed E-state index contributed by atoms with van der Waals surface area (Å²) in [6.45, 7) is 6.44. The first kappa shape index (κ1) is 23.7. The number of ether oxygens (including phenoxy) is 3. The van der Waals surface area contributed by atoms with Gasteiger partial charge in [0.2, 0.25) is 6.79 Å². The van der Waals surface area contributed by atoms with E-state index in [-0.39, 0.29) is 23.5 Å². The number of benzene rings is 1. The van der Waals surface area contributed by atoms with E-state index in [1.165, 1.54) is 13.2 Å². The first-order valence-electron chi connectivity index (χ1n) is 9.98. The maximum absolute atomic E-state index is 12.6. The molecule has 1 aromatic rings. The molecule has 0 spiro atoms. The van der Waals surface area contributed by atoms with Crippen molar-refractivity contribution in [3.63, 3.8) is 0 Å². The first-order valence-corrected chi connectivity index (χ1v) is 9.98. The van der Waals surface area contributed by atoms with E-state index in [1.807, 2.05) is 6.92 Å². The highest BCUT2D eigenvalue weighted by atomic mass is 16.7. The molecule has 0 aliphatic carbocycles. The average Bonchev–Trinajstić information content (AvgIpc) is 2.67. The lowest BCUT2D eigenvalue weighted by atomic mass is 9.64. The Balaban J connectivity index is 2.17. The normalized spacial score (nSPS) is 15.7. The molecule has 0 radical (unpaired) electrons. The van der Waals surface area contributed by atoms with Crippen LogP contribution in [0, 0.1) is 5.41 Å². The summed E-state index contributed by atoms with van der Waals surface area (Å²) in [7, 11) is 0.236. The summed E-state index contributed by atoms with van der Waals surface area (Å²) >= 11 is 0. The van der Waals surface area contributed by atoms with Gasteiger partial charge in [0.05, 0.1) is 12.5 Å². The number of hydrogen-bond acceptors (Lipinski definition) is 8. The van der Waals surface area contributed by atoms with Crippen molar-refractivity contribution in [3.8, 4) is 11.5 Å². The molecule has 0 bridgehead atoms. The van der Waals surface area contributed by atoms with E-state index >= 15 is 0 Å². The minimum absolute atomic E-state index is 0.0496. The van der Waals surface area contributed by atoms with Gasteiger partial charge in [0, 0.05) is 18.7 Å². The number of carbonyl (C=O) groups is 3. The smallest absolute Gasteiger partial charge is 0.526 e. The summed E-state index contributed by atoms with van der Waals surface area (Å²) in [5.74, 6) is -1.06. The molecule has 1 aromatic carbocycles. The van der Waals surface area contributed by atoms with E-state index < -0.39 is 37.1 Å². The molecule has 0 saturated carbocycles. The van der Waals surface area contributed by atoms with E-state index in [4.69, 9.17) is 18.9 Å². The van der Waals surface area contributed by atoms with E-state index in [2.05, 4.69) is 0 Å². The summed E-state index contributed by atoms with van der Waals surface area (Å²) < 4.78 is 20.9. The van der Waals surface area contributed by atoms with Crippen LogP contribution in [0.4, 0.5) is 0 Å². The SMILES string of the molecule is CCCC(=O)C[C@H]1Cc2cc(OC)cc(C(=O)OCOC(=O)C(C)(C)C)c2OB1O. The first-order chi connectivity index (χ1) is 14.1. The average molecular weight is 420 g/mol. The van der Waals surface area contributed by atoms with Gasteiger partial charge in [0.1, 0.15) is 22.8 Å². The molecule has 0 unspecified atom stereocenters. The molecular weight excluding hydrogens is 391 g/mol. The predicted molar refractivity (Wildman–Crippen MR) is 109 cm³/mol. The second-order valence-electron chi connectivity index (χ2n) is 8.36. The predicted octanol–water partition coefficient (Wildman–Crippen LogP) is 2.94. The Labute approximate surface area is 177 Å². The van der Waals surface area contributed by atoms with Gasteiger partial charge in [-0.15, -0.1) is 0 Å². The number of esters is 2. The Morgan fingerprint density at radius 2 is 1.93 bits per heavy atom. The molecule has 2 rings (SSSR count). The van der Waals surface area contributed by atoms with E-state index in [0.717, 1.165) is 6.42 Å². The van der Waals surface area contributed by atoms with Gasteiger partial charge in [0.15, 0.2) is 0 Å². The zero-order valence-corrected chi connectivity index (χ0v) is 18.1. The summed E-state index contributed by atoms with van der Waals surface area (Å²) in [4.78, 5) is 36.4. The highest BCUT2D eigenvalue weighted by Gasteiger charge is 2.38. The van der Waals surface area contributed by atoms with E-state index in [9.17, 15) is 19.4 Å². The number of methoxy groups -OCH3 is 1.